The van der Waals surface area contributed by atoms with E-state index in [9.17, 15) is 8.42 Å². The average molecular weight is 257 g/mol. The molecule has 1 aromatic heterocycles. The molecule has 0 fully saturated rings. The first-order chi connectivity index (χ1) is 8.00. The zero-order valence-electron chi connectivity index (χ0n) is 10.2. The molecule has 0 saturated carbocycles. The zero-order valence-corrected chi connectivity index (χ0v) is 11.0. The van der Waals surface area contributed by atoms with Crippen molar-refractivity contribution in [2.24, 2.45) is 5.73 Å². The van der Waals surface area contributed by atoms with Crippen LogP contribution in [0.2, 0.25) is 0 Å². The fraction of sp³-hybridized carbons (Fsp3) is 0.545. The molecule has 0 aromatic carbocycles. The van der Waals surface area contributed by atoms with E-state index >= 15 is 0 Å². The van der Waals surface area contributed by atoms with Gasteiger partial charge in [-0.2, -0.15) is 4.31 Å². The lowest BCUT2D eigenvalue weighted by Gasteiger charge is -2.25. The van der Waals surface area contributed by atoms with E-state index < -0.39 is 10.0 Å². The van der Waals surface area contributed by atoms with E-state index in [2.05, 4.69) is 4.98 Å². The molecule has 17 heavy (non-hydrogen) atoms. The molecule has 0 radical (unpaired) electrons. The fourth-order valence-corrected chi connectivity index (χ4v) is 3.21. The minimum atomic E-state index is -3.43. The molecule has 2 N–H and O–H groups in total. The van der Waals surface area contributed by atoms with Gasteiger partial charge in [0.2, 0.25) is 10.0 Å². The highest BCUT2D eigenvalue weighted by atomic mass is 32.2. The molecule has 5 nitrogen and oxygen atoms in total. The van der Waals surface area contributed by atoms with Crippen LogP contribution in [0.5, 0.6) is 0 Å². The minimum Gasteiger partial charge on any atom is -0.330 e. The van der Waals surface area contributed by atoms with E-state index in [-0.39, 0.29) is 10.9 Å². The maximum absolute atomic E-state index is 12.3. The summed E-state index contributed by atoms with van der Waals surface area (Å²) >= 11 is 0. The molecule has 0 bridgehead atoms. The highest BCUT2D eigenvalue weighted by Gasteiger charge is 2.26. The van der Waals surface area contributed by atoms with Crippen LogP contribution >= 0.6 is 0 Å². The van der Waals surface area contributed by atoms with Crippen molar-refractivity contribution in [3.63, 3.8) is 0 Å². The monoisotopic (exact) mass is 257 g/mol. The summed E-state index contributed by atoms with van der Waals surface area (Å²) in [5, 5.41) is 0. The lowest BCUT2D eigenvalue weighted by atomic mass is 10.3. The maximum Gasteiger partial charge on any atom is 0.243 e. The number of nitrogens with zero attached hydrogens (tertiary/aromatic N) is 2. The van der Waals surface area contributed by atoms with Crippen LogP contribution in [0.4, 0.5) is 0 Å². The van der Waals surface area contributed by atoms with Gasteiger partial charge in [0, 0.05) is 25.0 Å². The SMILES string of the molecule is CC(C)N(CCCN)S(=O)(=O)c1ccncc1. The van der Waals surface area contributed by atoms with Crippen LogP contribution < -0.4 is 5.73 Å². The highest BCUT2D eigenvalue weighted by Crippen LogP contribution is 2.17. The van der Waals surface area contributed by atoms with Crippen LogP contribution in [0.1, 0.15) is 20.3 Å². The molecule has 1 aromatic rings. The summed E-state index contributed by atoms with van der Waals surface area (Å²) < 4.78 is 26.1. The van der Waals surface area contributed by atoms with Gasteiger partial charge < -0.3 is 5.73 Å². The van der Waals surface area contributed by atoms with Crippen molar-refractivity contribution in [1.29, 1.82) is 0 Å². The van der Waals surface area contributed by atoms with Crippen molar-refractivity contribution in [1.82, 2.24) is 9.29 Å². The first kappa shape index (κ1) is 14.1. The van der Waals surface area contributed by atoms with Gasteiger partial charge in [0.25, 0.3) is 0 Å². The van der Waals surface area contributed by atoms with Crippen LogP contribution in [0.3, 0.4) is 0 Å². The number of aromatic nitrogens is 1. The Balaban J connectivity index is 3.01. The van der Waals surface area contributed by atoms with Crippen molar-refractivity contribution in [2.45, 2.75) is 31.2 Å². The van der Waals surface area contributed by atoms with Gasteiger partial charge in [0.15, 0.2) is 0 Å². The average Bonchev–Trinajstić information content (AvgIpc) is 2.30. The van der Waals surface area contributed by atoms with Gasteiger partial charge in [0.05, 0.1) is 4.90 Å². The third-order valence-electron chi connectivity index (χ3n) is 2.41. The summed E-state index contributed by atoms with van der Waals surface area (Å²) in [7, 11) is -3.43. The number of nitrogens with two attached hydrogens (primary N) is 1. The zero-order chi connectivity index (χ0) is 12.9. The van der Waals surface area contributed by atoms with Gasteiger partial charge in [-0.1, -0.05) is 0 Å². The second kappa shape index (κ2) is 6.09. The van der Waals surface area contributed by atoms with Gasteiger partial charge in [-0.3, -0.25) is 4.98 Å². The van der Waals surface area contributed by atoms with Crippen molar-refractivity contribution in [2.75, 3.05) is 13.1 Å². The van der Waals surface area contributed by atoms with Crippen molar-refractivity contribution < 1.29 is 8.42 Å². The van der Waals surface area contributed by atoms with Gasteiger partial charge in [-0.05, 0) is 38.9 Å². The first-order valence-corrected chi connectivity index (χ1v) is 7.06. The normalized spacial score (nSPS) is 12.3. The summed E-state index contributed by atoms with van der Waals surface area (Å²) in [6.07, 6.45) is 3.62. The van der Waals surface area contributed by atoms with Crippen molar-refractivity contribution >= 4 is 10.0 Å². The van der Waals surface area contributed by atoms with Gasteiger partial charge in [-0.15, -0.1) is 0 Å². The number of hydrogen-bond acceptors (Lipinski definition) is 4. The van der Waals surface area contributed by atoms with Crippen LogP contribution in [-0.2, 0) is 10.0 Å². The second-order valence-electron chi connectivity index (χ2n) is 4.03. The Labute approximate surface area is 103 Å². The topological polar surface area (TPSA) is 76.3 Å². The number of pyridine rings is 1. The fourth-order valence-electron chi connectivity index (χ4n) is 1.55. The second-order valence-corrected chi connectivity index (χ2v) is 5.93. The highest BCUT2D eigenvalue weighted by molar-refractivity contribution is 7.89. The molecule has 0 aliphatic heterocycles. The van der Waals surface area contributed by atoms with Gasteiger partial charge in [0.1, 0.15) is 0 Å². The summed E-state index contributed by atoms with van der Waals surface area (Å²) in [4.78, 5) is 4.10. The lowest BCUT2D eigenvalue weighted by Crippen LogP contribution is -2.38. The quantitative estimate of drug-likeness (QED) is 0.819. The molecule has 0 amide bonds. The van der Waals surface area contributed by atoms with Gasteiger partial charge in [-0.25, -0.2) is 8.42 Å². The van der Waals surface area contributed by atoms with E-state index in [1.807, 2.05) is 13.8 Å². The molecule has 0 atom stereocenters. The molecule has 0 spiro atoms. The minimum absolute atomic E-state index is 0.0836. The molecule has 0 aliphatic carbocycles. The van der Waals surface area contributed by atoms with E-state index in [0.29, 0.717) is 19.5 Å². The van der Waals surface area contributed by atoms with Crippen LogP contribution in [-0.4, -0.2) is 36.8 Å². The standard InChI is InChI=1S/C11H19N3O2S/c1-10(2)14(9-3-6-12)17(15,16)11-4-7-13-8-5-11/h4-5,7-8,10H,3,6,9,12H2,1-2H3. The predicted molar refractivity (Wildman–Crippen MR) is 66.9 cm³/mol. The molecule has 1 heterocycles. The molecule has 1 rings (SSSR count). The number of sulfonamides is 1. The van der Waals surface area contributed by atoms with Crippen LogP contribution in [0.15, 0.2) is 29.4 Å². The van der Waals surface area contributed by atoms with E-state index in [0.717, 1.165) is 0 Å². The summed E-state index contributed by atoms with van der Waals surface area (Å²) in [5.41, 5.74) is 5.43. The largest absolute Gasteiger partial charge is 0.330 e. The number of hydrogen-bond donors (Lipinski definition) is 1. The summed E-state index contributed by atoms with van der Waals surface area (Å²) in [6.45, 7) is 4.64. The Hall–Kier alpha value is -0.980. The summed E-state index contributed by atoms with van der Waals surface area (Å²) in [6, 6.07) is 2.93. The van der Waals surface area contributed by atoms with Gasteiger partial charge >= 0.3 is 0 Å². The first-order valence-electron chi connectivity index (χ1n) is 5.62. The van der Waals surface area contributed by atoms with E-state index in [1.54, 1.807) is 0 Å². The Bertz CT molecular complexity index is 431. The molecular formula is C11H19N3O2S. The molecular weight excluding hydrogens is 238 g/mol. The Morgan fingerprint density at radius 1 is 1.35 bits per heavy atom. The third kappa shape index (κ3) is 3.49. The molecule has 0 unspecified atom stereocenters. The number of rotatable bonds is 6. The molecule has 6 heteroatoms. The predicted octanol–water partition coefficient (Wildman–Crippen LogP) is 0.830. The lowest BCUT2D eigenvalue weighted by molar-refractivity contribution is 0.351. The molecule has 0 saturated heterocycles. The Kier molecular flexibility index (Phi) is 5.04. The van der Waals surface area contributed by atoms with Crippen molar-refractivity contribution in [3.05, 3.63) is 24.5 Å². The van der Waals surface area contributed by atoms with Crippen molar-refractivity contribution in [3.8, 4) is 0 Å². The summed E-state index contributed by atoms with van der Waals surface area (Å²) in [5.74, 6) is 0. The Morgan fingerprint density at radius 2 is 1.94 bits per heavy atom. The van der Waals surface area contributed by atoms with E-state index in [1.165, 1.54) is 28.8 Å². The smallest absolute Gasteiger partial charge is 0.243 e. The third-order valence-corrected chi connectivity index (χ3v) is 4.50. The molecule has 0 aliphatic rings. The Morgan fingerprint density at radius 3 is 2.41 bits per heavy atom. The maximum atomic E-state index is 12.3. The van der Waals surface area contributed by atoms with Crippen LogP contribution in [0, 0.1) is 0 Å². The van der Waals surface area contributed by atoms with Crippen LogP contribution in [0.25, 0.3) is 0 Å². The van der Waals surface area contributed by atoms with E-state index in [4.69, 9.17) is 5.73 Å². The molecule has 96 valence electrons.